The van der Waals surface area contributed by atoms with Gasteiger partial charge in [-0.05, 0) is 12.1 Å². The van der Waals surface area contributed by atoms with Crippen molar-refractivity contribution in [2.24, 2.45) is 0 Å². The largest absolute Gasteiger partial charge is 0.369 e. The first-order valence-electron chi connectivity index (χ1n) is 6.33. The average molecular weight is 268 g/mol. The van der Waals surface area contributed by atoms with E-state index >= 15 is 0 Å². The van der Waals surface area contributed by atoms with Gasteiger partial charge in [-0.3, -0.25) is 4.98 Å². The molecule has 6 heteroatoms. The Morgan fingerprint density at radius 1 is 1.30 bits per heavy atom. The molecule has 2 heterocycles. The lowest BCUT2D eigenvalue weighted by Gasteiger charge is -2.18. The highest BCUT2D eigenvalue weighted by Crippen LogP contribution is 2.14. The number of rotatable bonds is 6. The van der Waals surface area contributed by atoms with E-state index in [0.29, 0.717) is 19.5 Å². The molecule has 2 aromatic rings. The number of hydrogen-bond acceptors (Lipinski definition) is 6. The van der Waals surface area contributed by atoms with Crippen molar-refractivity contribution in [2.45, 2.75) is 13.0 Å². The molecule has 6 nitrogen and oxygen atoms in total. The van der Waals surface area contributed by atoms with Crippen LogP contribution >= 0.6 is 0 Å². The molecule has 0 amide bonds. The van der Waals surface area contributed by atoms with E-state index in [1.165, 1.54) is 6.33 Å². The van der Waals surface area contributed by atoms with Gasteiger partial charge in [-0.2, -0.15) is 5.26 Å². The van der Waals surface area contributed by atoms with E-state index in [-0.39, 0.29) is 0 Å². The van der Waals surface area contributed by atoms with Gasteiger partial charge in [0.15, 0.2) is 0 Å². The second-order valence-corrected chi connectivity index (χ2v) is 4.27. The zero-order valence-electron chi connectivity index (χ0n) is 11.3. The molecule has 2 aromatic heterocycles. The summed E-state index contributed by atoms with van der Waals surface area (Å²) in [4.78, 5) is 14.7. The third-order valence-corrected chi connectivity index (χ3v) is 2.71. The molecule has 0 aliphatic carbocycles. The van der Waals surface area contributed by atoms with Crippen molar-refractivity contribution in [2.75, 3.05) is 23.8 Å². The molecule has 0 bridgehead atoms. The van der Waals surface area contributed by atoms with E-state index in [1.54, 1.807) is 6.20 Å². The van der Waals surface area contributed by atoms with Crippen LogP contribution in [0.4, 0.5) is 11.6 Å². The predicted molar refractivity (Wildman–Crippen MR) is 77.1 cm³/mol. The van der Waals surface area contributed by atoms with Crippen molar-refractivity contribution >= 4 is 11.6 Å². The molecule has 0 aromatic carbocycles. The van der Waals surface area contributed by atoms with Gasteiger partial charge in [0.05, 0.1) is 24.7 Å². The number of anilines is 2. The molecule has 0 aliphatic heterocycles. The Kier molecular flexibility index (Phi) is 4.84. The summed E-state index contributed by atoms with van der Waals surface area (Å²) < 4.78 is 0. The molecule has 0 fully saturated rings. The van der Waals surface area contributed by atoms with E-state index in [1.807, 2.05) is 36.2 Å². The first-order valence-corrected chi connectivity index (χ1v) is 6.33. The number of nitriles is 1. The van der Waals surface area contributed by atoms with Crippen LogP contribution in [-0.2, 0) is 6.54 Å². The Labute approximate surface area is 118 Å². The Morgan fingerprint density at radius 2 is 2.20 bits per heavy atom. The highest BCUT2D eigenvalue weighted by atomic mass is 15.2. The molecule has 0 aliphatic rings. The summed E-state index contributed by atoms with van der Waals surface area (Å²) in [5.41, 5.74) is 0.979. The van der Waals surface area contributed by atoms with Crippen LogP contribution in [0.15, 0.2) is 36.8 Å². The van der Waals surface area contributed by atoms with Crippen LogP contribution in [0.1, 0.15) is 12.1 Å². The maximum atomic E-state index is 8.51. The monoisotopic (exact) mass is 268 g/mol. The molecular formula is C14H16N6. The fourth-order valence-corrected chi connectivity index (χ4v) is 1.71. The van der Waals surface area contributed by atoms with Crippen LogP contribution in [0.2, 0.25) is 0 Å². The van der Waals surface area contributed by atoms with Crippen molar-refractivity contribution in [1.29, 1.82) is 5.26 Å². The number of nitrogens with zero attached hydrogens (tertiary/aromatic N) is 5. The Balaban J connectivity index is 2.01. The van der Waals surface area contributed by atoms with Crippen molar-refractivity contribution in [3.63, 3.8) is 0 Å². The van der Waals surface area contributed by atoms with Crippen LogP contribution < -0.4 is 10.2 Å². The van der Waals surface area contributed by atoms with Gasteiger partial charge in [0.2, 0.25) is 0 Å². The summed E-state index contributed by atoms with van der Waals surface area (Å²) in [5.74, 6) is 1.53. The minimum absolute atomic E-state index is 0.448. The summed E-state index contributed by atoms with van der Waals surface area (Å²) >= 11 is 0. The van der Waals surface area contributed by atoms with Gasteiger partial charge in [-0.15, -0.1) is 0 Å². The van der Waals surface area contributed by atoms with Gasteiger partial charge in [0.25, 0.3) is 0 Å². The number of hydrogen-bond donors (Lipinski definition) is 1. The van der Waals surface area contributed by atoms with E-state index < -0.39 is 0 Å². The molecule has 0 atom stereocenters. The first kappa shape index (κ1) is 13.7. The molecular weight excluding hydrogens is 252 g/mol. The minimum atomic E-state index is 0.448. The molecule has 1 N–H and O–H groups in total. The zero-order valence-corrected chi connectivity index (χ0v) is 11.3. The Morgan fingerprint density at radius 3 is 2.95 bits per heavy atom. The fraction of sp³-hybridized carbons (Fsp3) is 0.286. The highest BCUT2D eigenvalue weighted by molar-refractivity contribution is 5.48. The summed E-state index contributed by atoms with van der Waals surface area (Å²) in [6.07, 6.45) is 3.74. The van der Waals surface area contributed by atoms with Crippen LogP contribution in [-0.4, -0.2) is 28.5 Å². The van der Waals surface area contributed by atoms with Gasteiger partial charge in [0, 0.05) is 25.9 Å². The van der Waals surface area contributed by atoms with Gasteiger partial charge in [0.1, 0.15) is 18.0 Å². The minimum Gasteiger partial charge on any atom is -0.369 e. The van der Waals surface area contributed by atoms with Crippen LogP contribution in [0.3, 0.4) is 0 Å². The number of aromatic nitrogens is 3. The predicted octanol–water partition coefficient (Wildman–Crippen LogP) is 1.83. The summed E-state index contributed by atoms with van der Waals surface area (Å²) in [6.45, 7) is 1.26. The molecule has 20 heavy (non-hydrogen) atoms. The van der Waals surface area contributed by atoms with Crippen LogP contribution in [0.25, 0.3) is 0 Å². The fourth-order valence-electron chi connectivity index (χ4n) is 1.71. The summed E-state index contributed by atoms with van der Waals surface area (Å²) in [7, 11) is 1.95. The second-order valence-electron chi connectivity index (χ2n) is 4.27. The lowest BCUT2D eigenvalue weighted by molar-refractivity contribution is 0.860. The van der Waals surface area contributed by atoms with Gasteiger partial charge < -0.3 is 10.2 Å². The van der Waals surface area contributed by atoms with Crippen molar-refractivity contribution in [3.05, 3.63) is 42.5 Å². The molecule has 0 radical (unpaired) electrons. The maximum Gasteiger partial charge on any atom is 0.134 e. The second kappa shape index (κ2) is 7.04. The molecule has 0 saturated heterocycles. The third-order valence-electron chi connectivity index (χ3n) is 2.71. The summed E-state index contributed by atoms with van der Waals surface area (Å²) in [5, 5.41) is 11.6. The topological polar surface area (TPSA) is 77.7 Å². The number of pyridine rings is 1. The maximum absolute atomic E-state index is 8.51. The zero-order chi connectivity index (χ0) is 14.2. The van der Waals surface area contributed by atoms with E-state index in [4.69, 9.17) is 5.26 Å². The van der Waals surface area contributed by atoms with E-state index in [0.717, 1.165) is 17.3 Å². The lowest BCUT2D eigenvalue weighted by Crippen LogP contribution is -2.18. The molecule has 0 saturated carbocycles. The van der Waals surface area contributed by atoms with Gasteiger partial charge >= 0.3 is 0 Å². The Bertz CT molecular complexity index is 578. The smallest absolute Gasteiger partial charge is 0.134 e. The van der Waals surface area contributed by atoms with Crippen molar-refractivity contribution in [3.8, 4) is 6.07 Å². The standard InChI is InChI=1S/C14H16N6/c1-20(10-12-5-2-3-7-16-12)14-9-13(18-11-19-14)17-8-4-6-15/h2-3,5,7,9,11H,4,8,10H2,1H3,(H,17,18,19). The molecule has 2 rings (SSSR count). The van der Waals surface area contributed by atoms with Crippen LogP contribution in [0, 0.1) is 11.3 Å². The Hall–Kier alpha value is -2.68. The molecule has 102 valence electrons. The average Bonchev–Trinajstić information content (AvgIpc) is 2.49. The highest BCUT2D eigenvalue weighted by Gasteiger charge is 2.05. The number of nitrogens with one attached hydrogen (secondary N) is 1. The quantitative estimate of drug-likeness (QED) is 0.805. The van der Waals surface area contributed by atoms with Crippen molar-refractivity contribution in [1.82, 2.24) is 15.0 Å². The molecule has 0 spiro atoms. The third kappa shape index (κ3) is 3.92. The van der Waals surface area contributed by atoms with Gasteiger partial charge in [-0.1, -0.05) is 6.07 Å². The summed E-state index contributed by atoms with van der Waals surface area (Å²) in [6, 6.07) is 9.78. The molecule has 0 unspecified atom stereocenters. The SMILES string of the molecule is CN(Cc1ccccn1)c1cc(NCCC#N)ncn1. The van der Waals surface area contributed by atoms with E-state index in [2.05, 4.69) is 26.3 Å². The van der Waals surface area contributed by atoms with Gasteiger partial charge in [-0.25, -0.2) is 9.97 Å². The normalized spacial score (nSPS) is 9.80. The first-order chi connectivity index (χ1) is 9.79. The van der Waals surface area contributed by atoms with Crippen molar-refractivity contribution < 1.29 is 0 Å². The van der Waals surface area contributed by atoms with E-state index in [9.17, 15) is 0 Å². The lowest BCUT2D eigenvalue weighted by atomic mass is 10.3. The van der Waals surface area contributed by atoms with Crippen LogP contribution in [0.5, 0.6) is 0 Å².